The van der Waals surface area contributed by atoms with Gasteiger partial charge in [0.05, 0.1) is 36.8 Å². The molecule has 5 heterocycles. The number of aliphatic hydroxyl groups is 1. The Morgan fingerprint density at radius 3 is 2.59 bits per heavy atom. The van der Waals surface area contributed by atoms with Crippen molar-refractivity contribution in [2.75, 3.05) is 40.0 Å². The minimum Gasteiger partial charge on any atom is -0.486 e. The van der Waals surface area contributed by atoms with Crippen molar-refractivity contribution in [3.05, 3.63) is 47.7 Å². The molecular weight excluding hydrogens is 528 g/mol. The highest BCUT2D eigenvalue weighted by Crippen LogP contribution is 2.30. The second-order valence-corrected chi connectivity index (χ2v) is 8.53. The Labute approximate surface area is 226 Å². The van der Waals surface area contributed by atoms with E-state index in [4.69, 9.17) is 14.2 Å². The molecule has 37 heavy (non-hydrogen) atoms. The van der Waals surface area contributed by atoms with Crippen molar-refractivity contribution in [1.82, 2.24) is 25.2 Å². The number of aromatic nitrogens is 3. The van der Waals surface area contributed by atoms with Gasteiger partial charge in [0.15, 0.2) is 11.5 Å². The number of hydrogen-bond donors (Lipinski definition) is 2. The van der Waals surface area contributed by atoms with E-state index in [2.05, 4.69) is 25.2 Å². The van der Waals surface area contributed by atoms with E-state index < -0.39 is 11.9 Å². The van der Waals surface area contributed by atoms with E-state index in [0.717, 1.165) is 43.6 Å². The van der Waals surface area contributed by atoms with Crippen LogP contribution in [0.2, 0.25) is 0 Å². The number of β-amino-alcohol motifs (C(OH)–C–C–N with tert-alkyl or cyclic N) is 1. The zero-order chi connectivity index (χ0) is 23.5. The van der Waals surface area contributed by atoms with Crippen LogP contribution in [0.15, 0.2) is 30.6 Å². The number of aliphatic hydroxyl groups excluding tert-OH is 1. The van der Waals surface area contributed by atoms with Crippen LogP contribution in [0.3, 0.4) is 0 Å². The fourth-order valence-electron chi connectivity index (χ4n) is 4.47. The van der Waals surface area contributed by atoms with Crippen molar-refractivity contribution < 1.29 is 29.2 Å². The van der Waals surface area contributed by atoms with Gasteiger partial charge in [-0.1, -0.05) is 0 Å². The van der Waals surface area contributed by atoms with Crippen LogP contribution in [0.5, 0.6) is 17.4 Å². The van der Waals surface area contributed by atoms with E-state index in [1.54, 1.807) is 18.3 Å². The molecule has 2 aliphatic rings. The molecule has 0 aromatic carbocycles. The monoisotopic (exact) mass is 559 g/mol. The molecule has 204 valence electrons. The summed E-state index contributed by atoms with van der Waals surface area (Å²) < 4.78 is 30.9. The number of likely N-dealkylation sites (tertiary alicyclic amines) is 1. The summed E-state index contributed by atoms with van der Waals surface area (Å²) in [4.78, 5) is 15.0. The maximum atomic E-state index is 14.6. The summed E-state index contributed by atoms with van der Waals surface area (Å²) in [7, 11) is 1.50. The molecule has 3 aromatic heterocycles. The molecule has 0 aliphatic carbocycles. The fourth-order valence-corrected chi connectivity index (χ4v) is 4.47. The Morgan fingerprint density at radius 1 is 1.14 bits per heavy atom. The van der Waals surface area contributed by atoms with Crippen LogP contribution in [0, 0.1) is 5.82 Å². The van der Waals surface area contributed by atoms with Gasteiger partial charge in [0, 0.05) is 36.8 Å². The number of halogens is 3. The SMILES string of the molecule is COc1ccc2ncc(F)c(C(O)CN3CCC(NCc4cc5c(cn4)OCCO5)CC3)c2n1.Cl.Cl.O. The van der Waals surface area contributed by atoms with Crippen molar-refractivity contribution in [1.29, 1.82) is 0 Å². The van der Waals surface area contributed by atoms with Gasteiger partial charge in [-0.25, -0.2) is 9.37 Å². The molecule has 13 heteroatoms. The smallest absolute Gasteiger partial charge is 0.213 e. The lowest BCUT2D eigenvalue weighted by Crippen LogP contribution is -2.43. The molecule has 2 aliphatic heterocycles. The number of piperidine rings is 1. The van der Waals surface area contributed by atoms with Crippen LogP contribution < -0.4 is 19.5 Å². The maximum Gasteiger partial charge on any atom is 0.213 e. The number of nitrogens with zero attached hydrogens (tertiary/aromatic N) is 4. The lowest BCUT2D eigenvalue weighted by molar-refractivity contribution is 0.0924. The first-order chi connectivity index (χ1) is 16.6. The molecule has 0 saturated carbocycles. The van der Waals surface area contributed by atoms with Gasteiger partial charge in [-0.2, -0.15) is 0 Å². The van der Waals surface area contributed by atoms with E-state index >= 15 is 0 Å². The Balaban J connectivity index is 0.00000160. The summed E-state index contributed by atoms with van der Waals surface area (Å²) in [6.07, 6.45) is 3.67. The summed E-state index contributed by atoms with van der Waals surface area (Å²) in [5.41, 5.74) is 1.92. The summed E-state index contributed by atoms with van der Waals surface area (Å²) in [6.45, 7) is 3.66. The van der Waals surface area contributed by atoms with Crippen molar-refractivity contribution in [3.63, 3.8) is 0 Å². The Hall–Kier alpha value is -2.54. The van der Waals surface area contributed by atoms with Gasteiger partial charge in [-0.15, -0.1) is 24.8 Å². The van der Waals surface area contributed by atoms with E-state index in [1.807, 2.05) is 6.07 Å². The van der Waals surface area contributed by atoms with Gasteiger partial charge >= 0.3 is 0 Å². The summed E-state index contributed by atoms with van der Waals surface area (Å²) in [6, 6.07) is 5.64. The number of methoxy groups -OCH3 is 1. The summed E-state index contributed by atoms with van der Waals surface area (Å²) in [5, 5.41) is 14.4. The lowest BCUT2D eigenvalue weighted by Gasteiger charge is -2.33. The van der Waals surface area contributed by atoms with Crippen LogP contribution in [0.1, 0.15) is 30.2 Å². The number of fused-ring (bicyclic) bond motifs is 2. The molecule has 0 amide bonds. The highest BCUT2D eigenvalue weighted by atomic mass is 35.5. The molecule has 4 N–H and O–H groups in total. The van der Waals surface area contributed by atoms with E-state index in [0.29, 0.717) is 55.0 Å². The average molecular weight is 560 g/mol. The first-order valence-electron chi connectivity index (χ1n) is 11.5. The van der Waals surface area contributed by atoms with Gasteiger partial charge in [0.25, 0.3) is 0 Å². The lowest BCUT2D eigenvalue weighted by atomic mass is 10.0. The molecule has 0 bridgehead atoms. The van der Waals surface area contributed by atoms with Gasteiger partial charge in [-0.3, -0.25) is 9.97 Å². The largest absolute Gasteiger partial charge is 0.486 e. The van der Waals surface area contributed by atoms with Crippen LogP contribution >= 0.6 is 24.8 Å². The maximum absolute atomic E-state index is 14.6. The number of pyridine rings is 3. The second-order valence-electron chi connectivity index (χ2n) is 8.53. The van der Waals surface area contributed by atoms with E-state index in [9.17, 15) is 9.50 Å². The standard InChI is InChI=1S/C24H28FN5O4.2ClH.H2O/c1-32-22-3-2-18-24(29-22)23(17(25)12-28-18)19(31)14-30-6-4-15(5-7-30)26-11-16-10-20-21(13-27-16)34-9-8-33-20;;;/h2-3,10,12-13,15,19,26,31H,4-9,11,14H2,1H3;2*1H;1H2. The molecule has 1 saturated heterocycles. The number of ether oxygens (including phenoxy) is 3. The molecular formula is C24H32Cl2FN5O5. The quantitative estimate of drug-likeness (QED) is 0.446. The Bertz CT molecular complexity index is 1170. The molecule has 1 fully saturated rings. The number of rotatable bonds is 7. The van der Waals surface area contributed by atoms with Crippen LogP contribution in [-0.2, 0) is 6.54 Å². The highest BCUT2D eigenvalue weighted by Gasteiger charge is 2.25. The predicted molar refractivity (Wildman–Crippen MR) is 141 cm³/mol. The summed E-state index contributed by atoms with van der Waals surface area (Å²) >= 11 is 0. The van der Waals surface area contributed by atoms with Crippen molar-refractivity contribution in [3.8, 4) is 17.4 Å². The minimum absolute atomic E-state index is 0. The molecule has 0 spiro atoms. The number of nitrogens with one attached hydrogen (secondary N) is 1. The van der Waals surface area contributed by atoms with Crippen molar-refractivity contribution in [2.24, 2.45) is 0 Å². The van der Waals surface area contributed by atoms with Crippen molar-refractivity contribution in [2.45, 2.75) is 31.5 Å². The van der Waals surface area contributed by atoms with Gasteiger partial charge < -0.3 is 35.0 Å². The number of hydrogen-bond acceptors (Lipinski definition) is 9. The van der Waals surface area contributed by atoms with E-state index in [-0.39, 0.29) is 35.9 Å². The molecule has 10 nitrogen and oxygen atoms in total. The van der Waals surface area contributed by atoms with Crippen LogP contribution in [-0.4, -0.2) is 76.4 Å². The van der Waals surface area contributed by atoms with Crippen LogP contribution in [0.4, 0.5) is 4.39 Å². The third-order valence-corrected chi connectivity index (χ3v) is 6.30. The Kier molecular flexibility index (Phi) is 11.5. The zero-order valence-electron chi connectivity index (χ0n) is 20.4. The minimum atomic E-state index is -1.02. The topological polar surface area (TPSA) is 133 Å². The Morgan fingerprint density at radius 2 is 1.86 bits per heavy atom. The molecule has 5 rings (SSSR count). The van der Waals surface area contributed by atoms with E-state index in [1.165, 1.54) is 7.11 Å². The second kappa shape index (κ2) is 13.8. The molecule has 1 unspecified atom stereocenters. The zero-order valence-corrected chi connectivity index (χ0v) is 22.0. The fraction of sp³-hybridized carbons (Fsp3) is 0.458. The molecule has 3 aromatic rings. The predicted octanol–water partition coefficient (Wildman–Crippen LogP) is 2.25. The third-order valence-electron chi connectivity index (χ3n) is 6.30. The van der Waals surface area contributed by atoms with Gasteiger partial charge in [0.1, 0.15) is 24.5 Å². The first kappa shape index (κ1) is 30.7. The normalized spacial score (nSPS) is 16.2. The molecule has 0 radical (unpaired) electrons. The highest BCUT2D eigenvalue weighted by molar-refractivity contribution is 5.85. The third kappa shape index (κ3) is 7.07. The summed E-state index contributed by atoms with van der Waals surface area (Å²) in [5.74, 6) is 1.22. The first-order valence-corrected chi connectivity index (χ1v) is 11.5. The van der Waals surface area contributed by atoms with Gasteiger partial charge in [-0.05, 0) is 32.0 Å². The molecule has 1 atom stereocenters. The average Bonchev–Trinajstić information content (AvgIpc) is 2.87. The van der Waals surface area contributed by atoms with Gasteiger partial charge in [0.2, 0.25) is 5.88 Å². The van der Waals surface area contributed by atoms with Crippen LogP contribution in [0.25, 0.3) is 11.0 Å². The van der Waals surface area contributed by atoms with Crippen molar-refractivity contribution >= 4 is 35.8 Å².